The largest absolute Gasteiger partial charge is 0.334 e. The van der Waals surface area contributed by atoms with Gasteiger partial charge in [0.25, 0.3) is 17.5 Å². The van der Waals surface area contributed by atoms with Crippen LogP contribution < -0.4 is 5.32 Å². The molecule has 0 fully saturated rings. The van der Waals surface area contributed by atoms with Crippen LogP contribution in [-0.4, -0.2) is 21.0 Å². The van der Waals surface area contributed by atoms with E-state index in [2.05, 4.69) is 15.5 Å². The van der Waals surface area contributed by atoms with Crippen LogP contribution in [0.1, 0.15) is 15.9 Å². The van der Waals surface area contributed by atoms with E-state index in [0.717, 1.165) is 5.56 Å². The molecule has 4 rings (SSSR count). The molecular weight excluding hydrogens is 384 g/mol. The van der Waals surface area contributed by atoms with Gasteiger partial charge >= 0.3 is 0 Å². The van der Waals surface area contributed by atoms with Crippen molar-refractivity contribution in [3.05, 3.63) is 94.0 Å². The van der Waals surface area contributed by atoms with E-state index in [1.54, 1.807) is 43.3 Å². The monoisotopic (exact) mass is 400 g/mol. The summed E-state index contributed by atoms with van der Waals surface area (Å²) in [7, 11) is 0. The molecule has 0 unspecified atom stereocenters. The van der Waals surface area contributed by atoms with Gasteiger partial charge in [-0.15, -0.1) is 0 Å². The number of hydrogen-bond donors (Lipinski definition) is 1. The Bertz CT molecular complexity index is 1230. The van der Waals surface area contributed by atoms with Gasteiger partial charge < -0.3 is 9.84 Å². The summed E-state index contributed by atoms with van der Waals surface area (Å²) in [4.78, 5) is 27.8. The predicted molar refractivity (Wildman–Crippen MR) is 111 cm³/mol. The summed E-state index contributed by atoms with van der Waals surface area (Å²) in [6.45, 7) is 1.62. The lowest BCUT2D eigenvalue weighted by Gasteiger charge is -2.09. The zero-order valence-corrected chi connectivity index (χ0v) is 15.9. The number of nitrogens with zero attached hydrogens (tertiary/aromatic N) is 3. The van der Waals surface area contributed by atoms with E-state index in [1.165, 1.54) is 6.07 Å². The standard InChI is InChI=1S/C22H16N4O4/c1-14-11-12-16(13-19(14)26(28)29)21(27)23-18-10-6-5-9-17(18)22-24-20(25-30-22)15-7-3-2-4-8-15/h2-13H,1H3,(H,23,27). The number of nitrogens with one attached hydrogen (secondary N) is 1. The summed E-state index contributed by atoms with van der Waals surface area (Å²) in [6, 6.07) is 20.7. The van der Waals surface area contributed by atoms with Crippen molar-refractivity contribution in [2.75, 3.05) is 5.32 Å². The van der Waals surface area contributed by atoms with Crippen molar-refractivity contribution in [2.24, 2.45) is 0 Å². The number of hydrogen-bond acceptors (Lipinski definition) is 6. The molecule has 0 bridgehead atoms. The van der Waals surface area contributed by atoms with E-state index < -0.39 is 10.8 Å². The smallest absolute Gasteiger partial charge is 0.273 e. The Morgan fingerprint density at radius 3 is 2.53 bits per heavy atom. The molecule has 0 spiro atoms. The first kappa shape index (κ1) is 19.0. The molecule has 1 heterocycles. The molecule has 0 saturated heterocycles. The predicted octanol–water partition coefficient (Wildman–Crippen LogP) is 4.87. The minimum Gasteiger partial charge on any atom is -0.334 e. The fourth-order valence-electron chi connectivity index (χ4n) is 2.96. The Morgan fingerprint density at radius 1 is 1.03 bits per heavy atom. The van der Waals surface area contributed by atoms with Crippen molar-refractivity contribution in [3.8, 4) is 22.8 Å². The molecular formula is C22H16N4O4. The van der Waals surface area contributed by atoms with E-state index in [9.17, 15) is 14.9 Å². The highest BCUT2D eigenvalue weighted by molar-refractivity contribution is 6.06. The van der Waals surface area contributed by atoms with Gasteiger partial charge in [-0.2, -0.15) is 4.98 Å². The van der Waals surface area contributed by atoms with Crippen LogP contribution in [-0.2, 0) is 0 Å². The van der Waals surface area contributed by atoms with Crippen LogP contribution in [0.15, 0.2) is 77.3 Å². The van der Waals surface area contributed by atoms with Gasteiger partial charge in [-0.25, -0.2) is 0 Å². The van der Waals surface area contributed by atoms with Crippen molar-refractivity contribution in [3.63, 3.8) is 0 Å². The number of nitro benzene ring substituents is 1. The van der Waals surface area contributed by atoms with Gasteiger partial charge in [0.2, 0.25) is 5.82 Å². The van der Waals surface area contributed by atoms with Gasteiger partial charge in [0, 0.05) is 22.8 Å². The molecule has 0 radical (unpaired) electrons. The maximum absolute atomic E-state index is 12.7. The van der Waals surface area contributed by atoms with E-state index in [4.69, 9.17) is 4.52 Å². The lowest BCUT2D eigenvalue weighted by atomic mass is 10.1. The molecule has 0 aliphatic carbocycles. The first-order valence-electron chi connectivity index (χ1n) is 9.08. The molecule has 8 nitrogen and oxygen atoms in total. The zero-order chi connectivity index (χ0) is 21.1. The maximum Gasteiger partial charge on any atom is 0.273 e. The summed E-state index contributed by atoms with van der Waals surface area (Å²) in [6.07, 6.45) is 0. The Morgan fingerprint density at radius 2 is 1.77 bits per heavy atom. The number of para-hydroxylation sites is 1. The third kappa shape index (κ3) is 3.79. The normalized spacial score (nSPS) is 10.6. The molecule has 0 atom stereocenters. The number of nitro groups is 1. The van der Waals surface area contributed by atoms with Crippen molar-refractivity contribution in [2.45, 2.75) is 6.92 Å². The molecule has 0 aliphatic rings. The maximum atomic E-state index is 12.7. The van der Waals surface area contributed by atoms with Gasteiger partial charge in [0.05, 0.1) is 16.2 Å². The highest BCUT2D eigenvalue weighted by Gasteiger charge is 2.18. The molecule has 3 aromatic carbocycles. The van der Waals surface area contributed by atoms with E-state index in [0.29, 0.717) is 22.6 Å². The van der Waals surface area contributed by atoms with Crippen LogP contribution in [0.2, 0.25) is 0 Å². The first-order valence-corrected chi connectivity index (χ1v) is 9.08. The molecule has 1 aromatic heterocycles. The summed E-state index contributed by atoms with van der Waals surface area (Å²) >= 11 is 0. The minimum absolute atomic E-state index is 0.111. The van der Waals surface area contributed by atoms with Gasteiger partial charge in [-0.1, -0.05) is 53.7 Å². The third-order valence-corrected chi connectivity index (χ3v) is 4.53. The van der Waals surface area contributed by atoms with Crippen molar-refractivity contribution in [1.29, 1.82) is 0 Å². The van der Waals surface area contributed by atoms with Crippen LogP contribution in [0.4, 0.5) is 11.4 Å². The molecule has 4 aromatic rings. The van der Waals surface area contributed by atoms with Gasteiger partial charge in [0.15, 0.2) is 0 Å². The van der Waals surface area contributed by atoms with Crippen molar-refractivity contribution < 1.29 is 14.2 Å². The van der Waals surface area contributed by atoms with Gasteiger partial charge in [0.1, 0.15) is 0 Å². The Labute approximate surface area is 171 Å². The zero-order valence-electron chi connectivity index (χ0n) is 15.9. The fraction of sp³-hybridized carbons (Fsp3) is 0.0455. The number of carbonyl (C=O) groups excluding carboxylic acids is 1. The fourth-order valence-corrected chi connectivity index (χ4v) is 2.96. The van der Waals surface area contributed by atoms with Crippen LogP contribution in [0.25, 0.3) is 22.8 Å². The molecule has 1 N–H and O–H groups in total. The summed E-state index contributed by atoms with van der Waals surface area (Å²) in [5, 5.41) is 17.9. The second-order valence-electron chi connectivity index (χ2n) is 6.55. The summed E-state index contributed by atoms with van der Waals surface area (Å²) < 4.78 is 5.40. The lowest BCUT2D eigenvalue weighted by Crippen LogP contribution is -2.13. The quantitative estimate of drug-likeness (QED) is 0.378. The van der Waals surface area contributed by atoms with Crippen LogP contribution >= 0.6 is 0 Å². The Hall–Kier alpha value is -4.33. The molecule has 0 saturated carbocycles. The van der Waals surface area contributed by atoms with E-state index in [-0.39, 0.29) is 17.1 Å². The topological polar surface area (TPSA) is 111 Å². The number of aryl methyl sites for hydroxylation is 1. The SMILES string of the molecule is Cc1ccc(C(=O)Nc2ccccc2-c2nc(-c3ccccc3)no2)cc1[N+](=O)[O-]. The second kappa shape index (κ2) is 7.96. The molecule has 0 aliphatic heterocycles. The third-order valence-electron chi connectivity index (χ3n) is 4.53. The number of rotatable bonds is 5. The van der Waals surface area contributed by atoms with E-state index in [1.807, 2.05) is 30.3 Å². The van der Waals surface area contributed by atoms with Crippen molar-refractivity contribution >= 4 is 17.3 Å². The highest BCUT2D eigenvalue weighted by atomic mass is 16.6. The van der Waals surface area contributed by atoms with Gasteiger partial charge in [-0.3, -0.25) is 14.9 Å². The van der Waals surface area contributed by atoms with Crippen LogP contribution in [0.5, 0.6) is 0 Å². The lowest BCUT2D eigenvalue weighted by molar-refractivity contribution is -0.385. The number of amides is 1. The van der Waals surface area contributed by atoms with Crippen LogP contribution in [0, 0.1) is 17.0 Å². The number of anilines is 1. The van der Waals surface area contributed by atoms with Crippen LogP contribution in [0.3, 0.4) is 0 Å². The summed E-state index contributed by atoms with van der Waals surface area (Å²) in [5.41, 5.74) is 2.35. The van der Waals surface area contributed by atoms with Gasteiger partial charge in [-0.05, 0) is 25.1 Å². The number of benzene rings is 3. The molecule has 148 valence electrons. The summed E-state index contributed by atoms with van der Waals surface area (Å²) in [5.74, 6) is 0.203. The molecule has 1 amide bonds. The molecule has 30 heavy (non-hydrogen) atoms. The minimum atomic E-state index is -0.510. The van der Waals surface area contributed by atoms with E-state index >= 15 is 0 Å². The number of carbonyl (C=O) groups is 1. The number of aromatic nitrogens is 2. The highest BCUT2D eigenvalue weighted by Crippen LogP contribution is 2.29. The Balaban J connectivity index is 1.63. The average molecular weight is 400 g/mol. The van der Waals surface area contributed by atoms with Crippen molar-refractivity contribution in [1.82, 2.24) is 10.1 Å². The average Bonchev–Trinajstić information content (AvgIpc) is 3.25. The first-order chi connectivity index (χ1) is 14.5. The molecule has 8 heteroatoms. The Kier molecular flexibility index (Phi) is 5.04. The second-order valence-corrected chi connectivity index (χ2v) is 6.55.